The molecule has 0 aliphatic carbocycles. The summed E-state index contributed by atoms with van der Waals surface area (Å²) in [6.07, 6.45) is 3.89. The van der Waals surface area contributed by atoms with Crippen molar-refractivity contribution in [3.63, 3.8) is 0 Å². The molecule has 0 bridgehead atoms. The van der Waals surface area contributed by atoms with Crippen LogP contribution < -0.4 is 5.73 Å². The number of nitrogen functional groups attached to an aromatic ring is 1. The van der Waals surface area contributed by atoms with Gasteiger partial charge in [-0.15, -0.1) is 0 Å². The van der Waals surface area contributed by atoms with Gasteiger partial charge in [-0.3, -0.25) is 0 Å². The SMILES string of the molecule is Cc1nc2cc(N)ccc2n1CCC1CCCO1. The highest BCUT2D eigenvalue weighted by atomic mass is 16.5. The fourth-order valence-corrected chi connectivity index (χ4v) is 2.69. The number of ether oxygens (including phenoxy) is 1. The summed E-state index contributed by atoms with van der Waals surface area (Å²) in [7, 11) is 0. The molecular formula is C14H19N3O. The predicted molar refractivity (Wildman–Crippen MR) is 72.5 cm³/mol. The van der Waals surface area contributed by atoms with Gasteiger partial charge in [0.1, 0.15) is 5.82 Å². The number of fused-ring (bicyclic) bond motifs is 1. The van der Waals surface area contributed by atoms with Crippen molar-refractivity contribution < 1.29 is 4.74 Å². The summed E-state index contributed by atoms with van der Waals surface area (Å²) in [5, 5.41) is 0. The van der Waals surface area contributed by atoms with Crippen molar-refractivity contribution in [2.24, 2.45) is 0 Å². The number of anilines is 1. The molecule has 1 atom stereocenters. The number of hydrogen-bond acceptors (Lipinski definition) is 3. The molecule has 1 fully saturated rings. The summed E-state index contributed by atoms with van der Waals surface area (Å²) in [4.78, 5) is 4.56. The van der Waals surface area contributed by atoms with Gasteiger partial charge in [-0.2, -0.15) is 0 Å². The maximum atomic E-state index is 5.79. The van der Waals surface area contributed by atoms with E-state index in [1.54, 1.807) is 0 Å². The molecule has 0 spiro atoms. The first-order chi connectivity index (χ1) is 8.74. The van der Waals surface area contributed by atoms with Crippen molar-refractivity contribution in [2.45, 2.75) is 38.8 Å². The first-order valence-corrected chi connectivity index (χ1v) is 6.58. The minimum absolute atomic E-state index is 0.427. The number of aromatic nitrogens is 2. The first kappa shape index (κ1) is 11.5. The zero-order chi connectivity index (χ0) is 12.5. The highest BCUT2D eigenvalue weighted by Crippen LogP contribution is 2.21. The smallest absolute Gasteiger partial charge is 0.106 e. The molecular weight excluding hydrogens is 226 g/mol. The Balaban J connectivity index is 1.84. The van der Waals surface area contributed by atoms with E-state index >= 15 is 0 Å². The third kappa shape index (κ3) is 2.08. The summed E-state index contributed by atoms with van der Waals surface area (Å²) >= 11 is 0. The minimum atomic E-state index is 0.427. The van der Waals surface area contributed by atoms with Gasteiger partial charge in [-0.1, -0.05) is 0 Å². The fraction of sp³-hybridized carbons (Fsp3) is 0.500. The maximum Gasteiger partial charge on any atom is 0.106 e. The number of nitrogens with two attached hydrogens (primary N) is 1. The van der Waals surface area contributed by atoms with E-state index in [2.05, 4.69) is 15.6 Å². The normalized spacial score (nSPS) is 19.7. The van der Waals surface area contributed by atoms with Gasteiger partial charge in [0, 0.05) is 18.8 Å². The molecule has 2 N–H and O–H groups in total. The zero-order valence-corrected chi connectivity index (χ0v) is 10.7. The van der Waals surface area contributed by atoms with Crippen LogP contribution >= 0.6 is 0 Å². The molecule has 1 aromatic heterocycles. The molecule has 2 heterocycles. The van der Waals surface area contributed by atoms with Crippen LogP contribution in [0.15, 0.2) is 18.2 Å². The van der Waals surface area contributed by atoms with E-state index < -0.39 is 0 Å². The molecule has 1 unspecified atom stereocenters. The number of aryl methyl sites for hydroxylation is 2. The third-order valence-electron chi connectivity index (χ3n) is 3.66. The number of rotatable bonds is 3. The van der Waals surface area contributed by atoms with E-state index in [1.807, 2.05) is 19.1 Å². The van der Waals surface area contributed by atoms with Gasteiger partial charge in [0.2, 0.25) is 0 Å². The first-order valence-electron chi connectivity index (χ1n) is 6.58. The Morgan fingerprint density at radius 1 is 1.50 bits per heavy atom. The largest absolute Gasteiger partial charge is 0.399 e. The summed E-state index contributed by atoms with van der Waals surface area (Å²) in [5.41, 5.74) is 8.71. The molecule has 4 heteroatoms. The molecule has 4 nitrogen and oxygen atoms in total. The summed E-state index contributed by atoms with van der Waals surface area (Å²) < 4.78 is 7.93. The lowest BCUT2D eigenvalue weighted by Crippen LogP contribution is -2.10. The highest BCUT2D eigenvalue weighted by Gasteiger charge is 2.16. The van der Waals surface area contributed by atoms with E-state index in [4.69, 9.17) is 10.5 Å². The molecule has 18 heavy (non-hydrogen) atoms. The average Bonchev–Trinajstić information content (AvgIpc) is 2.93. The van der Waals surface area contributed by atoms with E-state index in [0.29, 0.717) is 6.10 Å². The van der Waals surface area contributed by atoms with E-state index in [1.165, 1.54) is 18.4 Å². The molecule has 0 amide bonds. The van der Waals surface area contributed by atoms with Crippen molar-refractivity contribution in [1.82, 2.24) is 9.55 Å². The van der Waals surface area contributed by atoms with Crippen LogP contribution in [0.2, 0.25) is 0 Å². The van der Waals surface area contributed by atoms with Gasteiger partial charge >= 0.3 is 0 Å². The van der Waals surface area contributed by atoms with Gasteiger partial charge in [0.25, 0.3) is 0 Å². The fourth-order valence-electron chi connectivity index (χ4n) is 2.69. The Morgan fingerprint density at radius 3 is 3.17 bits per heavy atom. The Morgan fingerprint density at radius 2 is 2.39 bits per heavy atom. The monoisotopic (exact) mass is 245 g/mol. The number of benzene rings is 1. The summed E-state index contributed by atoms with van der Waals surface area (Å²) in [5.74, 6) is 1.05. The second-order valence-electron chi connectivity index (χ2n) is 4.98. The number of imidazole rings is 1. The lowest BCUT2D eigenvalue weighted by Gasteiger charge is -2.11. The standard InChI is InChI=1S/C14H19N3O/c1-10-16-13-9-11(15)4-5-14(13)17(10)7-6-12-3-2-8-18-12/h4-5,9,12H,2-3,6-8,15H2,1H3. The molecule has 1 saturated heterocycles. The van der Waals surface area contributed by atoms with Crippen LogP contribution in [-0.4, -0.2) is 22.3 Å². The Labute approximate surface area is 107 Å². The molecule has 1 aliphatic heterocycles. The van der Waals surface area contributed by atoms with Crippen LogP contribution in [0, 0.1) is 6.92 Å². The number of hydrogen-bond donors (Lipinski definition) is 1. The lowest BCUT2D eigenvalue weighted by atomic mass is 10.2. The van der Waals surface area contributed by atoms with E-state index in [9.17, 15) is 0 Å². The highest BCUT2D eigenvalue weighted by molar-refractivity contribution is 5.79. The molecule has 1 aliphatic rings. The molecule has 0 radical (unpaired) electrons. The number of nitrogens with zero attached hydrogens (tertiary/aromatic N) is 2. The Kier molecular flexibility index (Phi) is 2.96. The van der Waals surface area contributed by atoms with Crippen LogP contribution in [0.25, 0.3) is 11.0 Å². The van der Waals surface area contributed by atoms with Crippen molar-refractivity contribution in [3.05, 3.63) is 24.0 Å². The topological polar surface area (TPSA) is 53.1 Å². The van der Waals surface area contributed by atoms with Crippen LogP contribution in [-0.2, 0) is 11.3 Å². The summed E-state index contributed by atoms with van der Waals surface area (Å²) in [6, 6.07) is 5.93. The molecule has 3 rings (SSSR count). The third-order valence-corrected chi connectivity index (χ3v) is 3.66. The minimum Gasteiger partial charge on any atom is -0.399 e. The van der Waals surface area contributed by atoms with Crippen LogP contribution in [0.5, 0.6) is 0 Å². The van der Waals surface area contributed by atoms with Gasteiger partial charge in [0.05, 0.1) is 17.1 Å². The molecule has 2 aromatic rings. The van der Waals surface area contributed by atoms with Crippen molar-refractivity contribution in [1.29, 1.82) is 0 Å². The summed E-state index contributed by atoms with van der Waals surface area (Å²) in [6.45, 7) is 3.94. The van der Waals surface area contributed by atoms with Crippen molar-refractivity contribution >= 4 is 16.7 Å². The van der Waals surface area contributed by atoms with Gasteiger partial charge < -0.3 is 15.0 Å². The Bertz CT molecular complexity index is 555. The van der Waals surface area contributed by atoms with Crippen LogP contribution in [0.3, 0.4) is 0 Å². The van der Waals surface area contributed by atoms with Crippen LogP contribution in [0.1, 0.15) is 25.1 Å². The average molecular weight is 245 g/mol. The van der Waals surface area contributed by atoms with E-state index in [-0.39, 0.29) is 0 Å². The maximum absolute atomic E-state index is 5.79. The molecule has 0 saturated carbocycles. The van der Waals surface area contributed by atoms with Gasteiger partial charge in [0.15, 0.2) is 0 Å². The lowest BCUT2D eigenvalue weighted by molar-refractivity contribution is 0.100. The molecule has 96 valence electrons. The quantitative estimate of drug-likeness (QED) is 0.845. The second-order valence-corrected chi connectivity index (χ2v) is 4.98. The second kappa shape index (κ2) is 4.61. The van der Waals surface area contributed by atoms with Gasteiger partial charge in [-0.25, -0.2) is 4.98 Å². The van der Waals surface area contributed by atoms with Gasteiger partial charge in [-0.05, 0) is 44.4 Å². The Hall–Kier alpha value is -1.55. The molecule has 1 aromatic carbocycles. The van der Waals surface area contributed by atoms with E-state index in [0.717, 1.165) is 36.6 Å². The zero-order valence-electron chi connectivity index (χ0n) is 10.7. The van der Waals surface area contributed by atoms with Crippen molar-refractivity contribution in [3.8, 4) is 0 Å². The van der Waals surface area contributed by atoms with Crippen LogP contribution in [0.4, 0.5) is 5.69 Å². The van der Waals surface area contributed by atoms with Crippen molar-refractivity contribution in [2.75, 3.05) is 12.3 Å². The predicted octanol–water partition coefficient (Wildman–Crippen LogP) is 2.50.